The third-order valence-corrected chi connectivity index (χ3v) is 2.53. The highest BCUT2D eigenvalue weighted by molar-refractivity contribution is 9.10. The fraction of sp³-hybridized carbons (Fsp3) is 0.222. The van der Waals surface area contributed by atoms with Crippen LogP contribution in [-0.2, 0) is 0 Å². The van der Waals surface area contributed by atoms with Gasteiger partial charge >= 0.3 is 6.43 Å². The SMILES string of the molecule is Cc1cc(C(=O)C(F)F)ccc1Br. The van der Waals surface area contributed by atoms with Crippen LogP contribution >= 0.6 is 15.9 Å². The molecule has 4 heteroatoms. The summed E-state index contributed by atoms with van der Waals surface area (Å²) in [4.78, 5) is 10.8. The Bertz CT molecular complexity index is 336. The Kier molecular flexibility index (Phi) is 3.14. The second-order valence-corrected chi connectivity index (χ2v) is 3.48. The van der Waals surface area contributed by atoms with Gasteiger partial charge in [-0.3, -0.25) is 4.79 Å². The van der Waals surface area contributed by atoms with Gasteiger partial charge in [0.1, 0.15) is 0 Å². The van der Waals surface area contributed by atoms with Gasteiger partial charge < -0.3 is 0 Å². The van der Waals surface area contributed by atoms with Crippen LogP contribution in [0.2, 0.25) is 0 Å². The van der Waals surface area contributed by atoms with Gasteiger partial charge in [0.05, 0.1) is 0 Å². The van der Waals surface area contributed by atoms with Crippen molar-refractivity contribution in [2.45, 2.75) is 13.3 Å². The van der Waals surface area contributed by atoms with Crippen LogP contribution in [0.4, 0.5) is 8.78 Å². The predicted octanol–water partition coefficient (Wildman–Crippen LogP) is 3.21. The second kappa shape index (κ2) is 3.96. The number of Topliss-reactive ketones (excluding diaryl/α,β-unsaturated/α-hetero) is 1. The highest BCUT2D eigenvalue weighted by Crippen LogP contribution is 2.18. The van der Waals surface area contributed by atoms with Crippen LogP contribution in [0, 0.1) is 6.92 Å². The Morgan fingerprint density at radius 1 is 1.46 bits per heavy atom. The monoisotopic (exact) mass is 248 g/mol. The minimum atomic E-state index is -2.93. The van der Waals surface area contributed by atoms with Gasteiger partial charge in [-0.25, -0.2) is 8.78 Å². The van der Waals surface area contributed by atoms with Gasteiger partial charge in [0.2, 0.25) is 5.78 Å². The molecule has 0 aliphatic rings. The van der Waals surface area contributed by atoms with E-state index in [4.69, 9.17) is 0 Å². The van der Waals surface area contributed by atoms with Gasteiger partial charge in [0.25, 0.3) is 0 Å². The summed E-state index contributed by atoms with van der Waals surface area (Å²) < 4.78 is 24.8. The molecule has 0 saturated heterocycles. The molecule has 0 radical (unpaired) electrons. The lowest BCUT2D eigenvalue weighted by atomic mass is 10.1. The maximum Gasteiger partial charge on any atom is 0.300 e. The lowest BCUT2D eigenvalue weighted by molar-refractivity contribution is 0.0678. The van der Waals surface area contributed by atoms with Crippen molar-refractivity contribution in [3.8, 4) is 0 Å². The summed E-state index contributed by atoms with van der Waals surface area (Å²) in [5.41, 5.74) is 0.821. The van der Waals surface area contributed by atoms with Crippen LogP contribution in [-0.4, -0.2) is 12.2 Å². The number of aryl methyl sites for hydroxylation is 1. The summed E-state index contributed by atoms with van der Waals surface area (Å²) in [5.74, 6) is -1.13. The van der Waals surface area contributed by atoms with E-state index in [2.05, 4.69) is 15.9 Å². The zero-order chi connectivity index (χ0) is 10.0. The van der Waals surface area contributed by atoms with Crippen molar-refractivity contribution in [1.82, 2.24) is 0 Å². The Morgan fingerprint density at radius 2 is 2.08 bits per heavy atom. The number of carbonyl (C=O) groups excluding carboxylic acids is 1. The van der Waals surface area contributed by atoms with Crippen molar-refractivity contribution in [3.05, 3.63) is 33.8 Å². The molecule has 0 saturated carbocycles. The largest absolute Gasteiger partial charge is 0.300 e. The highest BCUT2D eigenvalue weighted by atomic mass is 79.9. The van der Waals surface area contributed by atoms with E-state index >= 15 is 0 Å². The first-order valence-corrected chi connectivity index (χ1v) is 4.40. The first kappa shape index (κ1) is 10.3. The van der Waals surface area contributed by atoms with Crippen molar-refractivity contribution in [3.63, 3.8) is 0 Å². The maximum atomic E-state index is 12.0. The van der Waals surface area contributed by atoms with Gasteiger partial charge in [-0.2, -0.15) is 0 Å². The van der Waals surface area contributed by atoms with Crippen LogP contribution in [0.15, 0.2) is 22.7 Å². The molecule has 0 amide bonds. The lowest BCUT2D eigenvalue weighted by Gasteiger charge is -2.02. The van der Waals surface area contributed by atoms with E-state index < -0.39 is 12.2 Å². The molecule has 0 spiro atoms. The fourth-order valence-corrected chi connectivity index (χ4v) is 1.17. The van der Waals surface area contributed by atoms with E-state index in [1.165, 1.54) is 12.1 Å². The minimum Gasteiger partial charge on any atom is -0.288 e. The average Bonchev–Trinajstić information content (AvgIpc) is 2.08. The molecule has 70 valence electrons. The Labute approximate surface area is 82.9 Å². The molecule has 0 bridgehead atoms. The van der Waals surface area contributed by atoms with Crippen molar-refractivity contribution >= 4 is 21.7 Å². The first-order chi connectivity index (χ1) is 6.02. The van der Waals surface area contributed by atoms with Crippen LogP contribution in [0.3, 0.4) is 0 Å². The molecule has 0 heterocycles. The zero-order valence-electron chi connectivity index (χ0n) is 6.85. The molecule has 0 aliphatic carbocycles. The van der Waals surface area contributed by atoms with Crippen molar-refractivity contribution < 1.29 is 13.6 Å². The number of carbonyl (C=O) groups is 1. The van der Waals surface area contributed by atoms with E-state index in [-0.39, 0.29) is 5.56 Å². The summed E-state index contributed by atoms with van der Waals surface area (Å²) >= 11 is 3.22. The average molecular weight is 249 g/mol. The molecule has 0 atom stereocenters. The topological polar surface area (TPSA) is 17.1 Å². The Balaban J connectivity index is 3.04. The van der Waals surface area contributed by atoms with E-state index in [9.17, 15) is 13.6 Å². The Hall–Kier alpha value is -0.770. The van der Waals surface area contributed by atoms with Crippen molar-refractivity contribution in [2.75, 3.05) is 0 Å². The molecule has 0 fully saturated rings. The quantitative estimate of drug-likeness (QED) is 0.735. The summed E-state index contributed by atoms with van der Waals surface area (Å²) in [7, 11) is 0. The smallest absolute Gasteiger partial charge is 0.288 e. The number of alkyl halides is 2. The fourth-order valence-electron chi connectivity index (χ4n) is 0.924. The standard InChI is InChI=1S/C9H7BrF2O/c1-5-4-6(2-3-7(5)10)8(13)9(11)12/h2-4,9H,1H3. The van der Waals surface area contributed by atoms with Crippen molar-refractivity contribution in [1.29, 1.82) is 0 Å². The number of halogens is 3. The van der Waals surface area contributed by atoms with Gasteiger partial charge in [-0.15, -0.1) is 0 Å². The van der Waals surface area contributed by atoms with Gasteiger partial charge in [0, 0.05) is 10.0 Å². The summed E-state index contributed by atoms with van der Waals surface area (Å²) in [6, 6.07) is 4.41. The van der Waals surface area contributed by atoms with Crippen LogP contribution in [0.5, 0.6) is 0 Å². The van der Waals surface area contributed by atoms with Gasteiger partial charge in [-0.1, -0.05) is 22.0 Å². The van der Waals surface area contributed by atoms with Crippen LogP contribution in [0.1, 0.15) is 15.9 Å². The zero-order valence-corrected chi connectivity index (χ0v) is 8.44. The summed E-state index contributed by atoms with van der Waals surface area (Å²) in [6.45, 7) is 1.74. The summed E-state index contributed by atoms with van der Waals surface area (Å²) in [5, 5.41) is 0. The molecule has 0 aromatic heterocycles. The van der Waals surface area contributed by atoms with Crippen LogP contribution < -0.4 is 0 Å². The molecular weight excluding hydrogens is 242 g/mol. The first-order valence-electron chi connectivity index (χ1n) is 3.61. The van der Waals surface area contributed by atoms with E-state index in [1.807, 2.05) is 0 Å². The van der Waals surface area contributed by atoms with Gasteiger partial charge in [0.15, 0.2) is 0 Å². The normalized spacial score (nSPS) is 10.5. The molecular formula is C9H7BrF2O. The molecule has 1 aromatic rings. The lowest BCUT2D eigenvalue weighted by Crippen LogP contribution is -2.10. The molecule has 13 heavy (non-hydrogen) atoms. The van der Waals surface area contributed by atoms with E-state index in [0.29, 0.717) is 0 Å². The highest BCUT2D eigenvalue weighted by Gasteiger charge is 2.17. The number of hydrogen-bond donors (Lipinski definition) is 0. The number of rotatable bonds is 2. The number of ketones is 1. The molecule has 0 unspecified atom stereocenters. The minimum absolute atomic E-state index is 0.0516. The molecule has 1 nitrogen and oxygen atoms in total. The maximum absolute atomic E-state index is 12.0. The number of hydrogen-bond acceptors (Lipinski definition) is 1. The van der Waals surface area contributed by atoms with Crippen molar-refractivity contribution in [2.24, 2.45) is 0 Å². The van der Waals surface area contributed by atoms with Gasteiger partial charge in [-0.05, 0) is 24.6 Å². The molecule has 1 aromatic carbocycles. The third-order valence-electron chi connectivity index (χ3n) is 1.64. The van der Waals surface area contributed by atoms with Crippen LogP contribution in [0.25, 0.3) is 0 Å². The molecule has 1 rings (SSSR count). The van der Waals surface area contributed by atoms with E-state index in [0.717, 1.165) is 10.0 Å². The summed E-state index contributed by atoms with van der Waals surface area (Å²) in [6.07, 6.45) is -2.93. The van der Waals surface area contributed by atoms with E-state index in [1.54, 1.807) is 13.0 Å². The predicted molar refractivity (Wildman–Crippen MR) is 49.2 cm³/mol. The third kappa shape index (κ3) is 2.34. The number of benzene rings is 1. The second-order valence-electron chi connectivity index (χ2n) is 2.63. The Morgan fingerprint density at radius 3 is 2.54 bits per heavy atom. The molecule has 0 aliphatic heterocycles. The molecule has 0 N–H and O–H groups in total.